The Kier molecular flexibility index (Phi) is 3.55. The van der Waals surface area contributed by atoms with Gasteiger partial charge in [-0.3, -0.25) is 9.69 Å². The molecule has 0 N–H and O–H groups in total. The molecule has 2 aromatic rings. The van der Waals surface area contributed by atoms with Gasteiger partial charge in [-0.15, -0.1) is 0 Å². The molecule has 0 saturated carbocycles. The molecule has 0 spiro atoms. The van der Waals surface area contributed by atoms with Crippen molar-refractivity contribution in [1.29, 1.82) is 0 Å². The molecule has 0 aliphatic carbocycles. The topological polar surface area (TPSA) is 54.5 Å². The predicted molar refractivity (Wildman–Crippen MR) is 77.9 cm³/mol. The molecular weight excluding hydrogens is 268 g/mol. The van der Waals surface area contributed by atoms with Crippen molar-refractivity contribution >= 4 is 5.91 Å². The first-order valence-corrected chi connectivity index (χ1v) is 7.08. The van der Waals surface area contributed by atoms with Crippen LogP contribution in [0.3, 0.4) is 0 Å². The summed E-state index contributed by atoms with van der Waals surface area (Å²) in [5.74, 6) is 1.69. The first kappa shape index (κ1) is 13.9. The molecule has 3 rings (SSSR count). The summed E-state index contributed by atoms with van der Waals surface area (Å²) in [6, 6.07) is 1.86. The number of likely N-dealkylation sites (N-methyl/N-ethyl adjacent to an activating group) is 1. The molecule has 21 heavy (non-hydrogen) atoms. The number of aromatic nitrogens is 2. The van der Waals surface area contributed by atoms with Crippen LogP contribution in [0.15, 0.2) is 29.1 Å². The number of furan rings is 1. The molecule has 1 atom stereocenters. The van der Waals surface area contributed by atoms with Gasteiger partial charge in [0, 0.05) is 39.1 Å². The number of amides is 1. The van der Waals surface area contributed by atoms with E-state index in [-0.39, 0.29) is 11.9 Å². The summed E-state index contributed by atoms with van der Waals surface area (Å²) < 4.78 is 7.25. The van der Waals surface area contributed by atoms with Crippen molar-refractivity contribution in [2.24, 2.45) is 7.05 Å². The van der Waals surface area contributed by atoms with Crippen molar-refractivity contribution in [3.8, 4) is 0 Å². The van der Waals surface area contributed by atoms with Gasteiger partial charge in [0.05, 0.1) is 17.9 Å². The van der Waals surface area contributed by atoms with Crippen molar-refractivity contribution < 1.29 is 9.21 Å². The molecule has 0 bridgehead atoms. The Hall–Kier alpha value is -2.08. The van der Waals surface area contributed by atoms with Crippen LogP contribution in [0.1, 0.15) is 28.0 Å². The minimum absolute atomic E-state index is 0.0357. The molecular formula is C15H20N4O2. The molecule has 1 aliphatic heterocycles. The second-order valence-corrected chi connectivity index (χ2v) is 5.53. The van der Waals surface area contributed by atoms with E-state index in [4.69, 9.17) is 4.42 Å². The van der Waals surface area contributed by atoms with Gasteiger partial charge >= 0.3 is 0 Å². The maximum atomic E-state index is 12.6. The van der Waals surface area contributed by atoms with Gasteiger partial charge in [0.2, 0.25) is 0 Å². The van der Waals surface area contributed by atoms with E-state index in [1.54, 1.807) is 18.5 Å². The molecule has 0 radical (unpaired) electrons. The van der Waals surface area contributed by atoms with Gasteiger partial charge in [-0.2, -0.15) is 0 Å². The number of rotatable bonds is 2. The van der Waals surface area contributed by atoms with E-state index >= 15 is 0 Å². The Morgan fingerprint density at radius 3 is 2.81 bits per heavy atom. The quantitative estimate of drug-likeness (QED) is 0.839. The monoisotopic (exact) mass is 288 g/mol. The second-order valence-electron chi connectivity index (χ2n) is 5.53. The van der Waals surface area contributed by atoms with Crippen LogP contribution in [0.25, 0.3) is 0 Å². The molecule has 6 nitrogen and oxygen atoms in total. The van der Waals surface area contributed by atoms with Crippen molar-refractivity contribution in [3.05, 3.63) is 41.9 Å². The Balaban J connectivity index is 1.82. The molecule has 1 aliphatic rings. The van der Waals surface area contributed by atoms with Gasteiger partial charge < -0.3 is 13.9 Å². The highest BCUT2D eigenvalue weighted by atomic mass is 16.3. The molecule has 0 unspecified atom stereocenters. The number of piperazine rings is 1. The normalized spacial score (nSPS) is 20.0. The number of carbonyl (C=O) groups excluding carboxylic acids is 1. The van der Waals surface area contributed by atoms with Crippen LogP contribution in [-0.2, 0) is 7.05 Å². The highest BCUT2D eigenvalue weighted by Crippen LogP contribution is 2.24. The lowest BCUT2D eigenvalue weighted by molar-refractivity contribution is 0.0527. The SMILES string of the molecule is Cc1occc1C(=O)N1CCN(C)[C@H](c2nccn2C)C1. The third-order valence-corrected chi connectivity index (χ3v) is 4.18. The van der Waals surface area contributed by atoms with Crippen LogP contribution >= 0.6 is 0 Å². The highest BCUT2D eigenvalue weighted by molar-refractivity contribution is 5.95. The fourth-order valence-corrected chi connectivity index (χ4v) is 2.81. The average Bonchev–Trinajstić information content (AvgIpc) is 3.07. The zero-order valence-electron chi connectivity index (χ0n) is 12.6. The first-order chi connectivity index (χ1) is 10.1. The lowest BCUT2D eigenvalue weighted by atomic mass is 10.1. The zero-order chi connectivity index (χ0) is 15.0. The summed E-state index contributed by atoms with van der Waals surface area (Å²) in [4.78, 5) is 21.2. The molecule has 112 valence electrons. The Morgan fingerprint density at radius 1 is 1.38 bits per heavy atom. The number of carbonyl (C=O) groups is 1. The highest BCUT2D eigenvalue weighted by Gasteiger charge is 2.31. The fraction of sp³-hybridized carbons (Fsp3) is 0.467. The van der Waals surface area contributed by atoms with Gasteiger partial charge in [-0.1, -0.05) is 0 Å². The minimum atomic E-state index is 0.0357. The van der Waals surface area contributed by atoms with E-state index in [9.17, 15) is 4.79 Å². The molecule has 1 fully saturated rings. The number of aryl methyl sites for hydroxylation is 2. The second kappa shape index (κ2) is 5.37. The summed E-state index contributed by atoms with van der Waals surface area (Å²) in [6.45, 7) is 4.02. The molecule has 2 aromatic heterocycles. The number of nitrogens with zero attached hydrogens (tertiary/aromatic N) is 4. The van der Waals surface area contributed by atoms with Crippen molar-refractivity contribution in [1.82, 2.24) is 19.4 Å². The van der Waals surface area contributed by atoms with E-state index in [2.05, 4.69) is 16.9 Å². The summed E-state index contributed by atoms with van der Waals surface area (Å²) in [7, 11) is 4.06. The number of hydrogen-bond acceptors (Lipinski definition) is 4. The lowest BCUT2D eigenvalue weighted by Crippen LogP contribution is -2.49. The lowest BCUT2D eigenvalue weighted by Gasteiger charge is -2.38. The maximum Gasteiger partial charge on any atom is 0.257 e. The van der Waals surface area contributed by atoms with Crippen LogP contribution in [-0.4, -0.2) is 51.9 Å². The summed E-state index contributed by atoms with van der Waals surface area (Å²) >= 11 is 0. The standard InChI is InChI=1S/C15H20N4O2/c1-11-12(4-9-21-11)15(20)19-8-7-17(2)13(10-19)14-16-5-6-18(14)3/h4-6,9,13H,7-8,10H2,1-3H3/t13-/m0/s1. The minimum Gasteiger partial charge on any atom is -0.469 e. The van der Waals surface area contributed by atoms with E-state index in [1.165, 1.54) is 0 Å². The summed E-state index contributed by atoms with van der Waals surface area (Å²) in [6.07, 6.45) is 5.29. The molecule has 3 heterocycles. The van der Waals surface area contributed by atoms with Crippen LogP contribution < -0.4 is 0 Å². The zero-order valence-corrected chi connectivity index (χ0v) is 12.6. The van der Waals surface area contributed by atoms with Gasteiger partial charge in [0.1, 0.15) is 11.6 Å². The van der Waals surface area contributed by atoms with E-state index in [1.807, 2.05) is 29.6 Å². The Labute approximate surface area is 124 Å². The first-order valence-electron chi connectivity index (χ1n) is 7.08. The van der Waals surface area contributed by atoms with Gasteiger partial charge in [0.25, 0.3) is 5.91 Å². The smallest absolute Gasteiger partial charge is 0.257 e. The Bertz CT molecular complexity index is 646. The van der Waals surface area contributed by atoms with Crippen molar-refractivity contribution in [2.45, 2.75) is 13.0 Å². The third-order valence-electron chi connectivity index (χ3n) is 4.18. The average molecular weight is 288 g/mol. The molecule has 1 saturated heterocycles. The summed E-state index contributed by atoms with van der Waals surface area (Å²) in [5, 5.41) is 0. The van der Waals surface area contributed by atoms with Crippen LogP contribution in [0.2, 0.25) is 0 Å². The third kappa shape index (κ3) is 2.47. The van der Waals surface area contributed by atoms with E-state index < -0.39 is 0 Å². The van der Waals surface area contributed by atoms with E-state index in [0.717, 1.165) is 18.9 Å². The number of imidazole rings is 1. The van der Waals surface area contributed by atoms with Crippen molar-refractivity contribution in [2.75, 3.05) is 26.7 Å². The number of hydrogen-bond donors (Lipinski definition) is 0. The van der Waals surface area contributed by atoms with Gasteiger partial charge in [-0.05, 0) is 20.0 Å². The Morgan fingerprint density at radius 2 is 2.19 bits per heavy atom. The van der Waals surface area contributed by atoms with E-state index in [0.29, 0.717) is 17.9 Å². The summed E-state index contributed by atoms with van der Waals surface area (Å²) in [5.41, 5.74) is 0.651. The van der Waals surface area contributed by atoms with Crippen LogP contribution in [0.5, 0.6) is 0 Å². The largest absolute Gasteiger partial charge is 0.469 e. The molecule has 0 aromatic carbocycles. The fourth-order valence-electron chi connectivity index (χ4n) is 2.81. The van der Waals surface area contributed by atoms with Crippen LogP contribution in [0.4, 0.5) is 0 Å². The van der Waals surface area contributed by atoms with Crippen molar-refractivity contribution in [3.63, 3.8) is 0 Å². The molecule has 6 heteroatoms. The van der Waals surface area contributed by atoms with Gasteiger partial charge in [0.15, 0.2) is 0 Å². The van der Waals surface area contributed by atoms with Gasteiger partial charge in [-0.25, -0.2) is 4.98 Å². The van der Waals surface area contributed by atoms with Crippen LogP contribution in [0, 0.1) is 6.92 Å². The molecule has 1 amide bonds. The predicted octanol–water partition coefficient (Wildman–Crippen LogP) is 1.45. The maximum absolute atomic E-state index is 12.6.